The summed E-state index contributed by atoms with van der Waals surface area (Å²) in [6.45, 7) is 9.72. The van der Waals surface area contributed by atoms with Gasteiger partial charge < -0.3 is 29.8 Å². The molecule has 0 spiro atoms. The number of halogens is 1. The maximum atomic E-state index is 10.6. The predicted octanol–water partition coefficient (Wildman–Crippen LogP) is 2.48. The Morgan fingerprint density at radius 2 is 2.20 bits per heavy atom. The van der Waals surface area contributed by atoms with Crippen molar-refractivity contribution in [1.82, 2.24) is 15.6 Å². The molecule has 0 bridgehead atoms. The Labute approximate surface area is 195 Å². The number of hydrogen-bond acceptors (Lipinski definition) is 6. The van der Waals surface area contributed by atoms with E-state index in [1.807, 2.05) is 19.2 Å². The summed E-state index contributed by atoms with van der Waals surface area (Å²) in [7, 11) is 0. The molecule has 0 aliphatic carbocycles. The van der Waals surface area contributed by atoms with E-state index in [0.29, 0.717) is 18.3 Å². The van der Waals surface area contributed by atoms with Gasteiger partial charge in [0.2, 0.25) is 0 Å². The number of anilines is 1. The maximum absolute atomic E-state index is 10.6. The standard InChI is InChI=1S/C21H31N5O3.HI/c1-4-22-20(25-15-21(3,27)18-6-5-10-29-18)24-13-17-7-8-19(23-12-17)26-9-11-28-16(2)14-26;/h5-8,10,12,16,27H,4,9,11,13-15H2,1-3H3,(H2,22,24,25);1H. The number of nitrogens with one attached hydrogen (secondary N) is 2. The lowest BCUT2D eigenvalue weighted by Crippen LogP contribution is -2.44. The molecule has 0 amide bonds. The van der Waals surface area contributed by atoms with Crippen LogP contribution in [0, 0.1) is 0 Å². The van der Waals surface area contributed by atoms with Gasteiger partial charge in [-0.2, -0.15) is 0 Å². The van der Waals surface area contributed by atoms with Crippen LogP contribution in [0.25, 0.3) is 0 Å². The molecule has 3 N–H and O–H groups in total. The number of pyridine rings is 1. The normalized spacial score (nSPS) is 19.0. The summed E-state index contributed by atoms with van der Waals surface area (Å²) in [5.74, 6) is 2.11. The molecule has 0 aromatic carbocycles. The third-order valence-electron chi connectivity index (χ3n) is 4.79. The number of morpholine rings is 1. The van der Waals surface area contributed by atoms with Crippen molar-refractivity contribution in [2.75, 3.05) is 37.7 Å². The number of hydrogen-bond donors (Lipinski definition) is 3. The third-order valence-corrected chi connectivity index (χ3v) is 4.79. The number of aliphatic imine (C=N–C) groups is 1. The first-order valence-electron chi connectivity index (χ1n) is 10.1. The summed E-state index contributed by atoms with van der Waals surface area (Å²) in [4.78, 5) is 11.4. The van der Waals surface area contributed by atoms with Crippen molar-refractivity contribution in [2.24, 2.45) is 4.99 Å². The van der Waals surface area contributed by atoms with Gasteiger partial charge in [-0.25, -0.2) is 9.98 Å². The lowest BCUT2D eigenvalue weighted by atomic mass is 10.0. The van der Waals surface area contributed by atoms with Crippen LogP contribution in [-0.4, -0.2) is 54.9 Å². The number of nitrogens with zero attached hydrogens (tertiary/aromatic N) is 3. The molecule has 166 valence electrons. The summed E-state index contributed by atoms with van der Waals surface area (Å²) in [6.07, 6.45) is 3.64. The summed E-state index contributed by atoms with van der Waals surface area (Å²) < 4.78 is 10.9. The molecule has 30 heavy (non-hydrogen) atoms. The Morgan fingerprint density at radius 1 is 1.37 bits per heavy atom. The number of rotatable bonds is 7. The molecule has 1 saturated heterocycles. The molecule has 2 aromatic heterocycles. The van der Waals surface area contributed by atoms with Crippen LogP contribution >= 0.6 is 24.0 Å². The fraction of sp³-hybridized carbons (Fsp3) is 0.524. The zero-order valence-electron chi connectivity index (χ0n) is 17.8. The smallest absolute Gasteiger partial charge is 0.191 e. The van der Waals surface area contributed by atoms with E-state index in [1.165, 1.54) is 0 Å². The molecule has 2 unspecified atom stereocenters. The molecular weight excluding hydrogens is 497 g/mol. The highest BCUT2D eigenvalue weighted by Gasteiger charge is 2.26. The van der Waals surface area contributed by atoms with Gasteiger partial charge in [0, 0.05) is 25.8 Å². The van der Waals surface area contributed by atoms with Gasteiger partial charge >= 0.3 is 0 Å². The van der Waals surface area contributed by atoms with Crippen molar-refractivity contribution in [3.05, 3.63) is 48.0 Å². The van der Waals surface area contributed by atoms with Crippen LogP contribution in [0.4, 0.5) is 5.82 Å². The second kappa shape index (κ2) is 11.5. The molecule has 3 rings (SSSR count). The van der Waals surface area contributed by atoms with Crippen molar-refractivity contribution < 1.29 is 14.3 Å². The van der Waals surface area contributed by atoms with Crippen LogP contribution in [0.5, 0.6) is 0 Å². The lowest BCUT2D eigenvalue weighted by Gasteiger charge is -2.32. The van der Waals surface area contributed by atoms with Crippen molar-refractivity contribution in [3.63, 3.8) is 0 Å². The van der Waals surface area contributed by atoms with Crippen LogP contribution in [0.2, 0.25) is 0 Å². The number of furan rings is 1. The average Bonchev–Trinajstić information content (AvgIpc) is 3.26. The van der Waals surface area contributed by atoms with Gasteiger partial charge in [-0.15, -0.1) is 24.0 Å². The number of aromatic nitrogens is 1. The molecule has 2 aromatic rings. The maximum Gasteiger partial charge on any atom is 0.191 e. The molecule has 1 aliphatic heterocycles. The fourth-order valence-electron chi connectivity index (χ4n) is 3.16. The van der Waals surface area contributed by atoms with Crippen molar-refractivity contribution in [2.45, 2.75) is 39.0 Å². The molecule has 2 atom stereocenters. The molecule has 9 heteroatoms. The van der Waals surface area contributed by atoms with Crippen molar-refractivity contribution in [3.8, 4) is 0 Å². The number of guanidine groups is 1. The van der Waals surface area contributed by atoms with E-state index in [1.54, 1.807) is 25.3 Å². The van der Waals surface area contributed by atoms with Gasteiger partial charge in [0.25, 0.3) is 0 Å². The first-order chi connectivity index (χ1) is 14.0. The zero-order chi connectivity index (χ0) is 20.7. The van der Waals surface area contributed by atoms with E-state index < -0.39 is 5.60 Å². The molecule has 1 aliphatic rings. The SMILES string of the molecule is CCNC(=NCc1ccc(N2CCOC(C)C2)nc1)NCC(C)(O)c1ccco1.I. The van der Waals surface area contributed by atoms with Gasteiger partial charge in [0.05, 0.1) is 32.1 Å². The highest BCUT2D eigenvalue weighted by Crippen LogP contribution is 2.20. The van der Waals surface area contributed by atoms with E-state index in [9.17, 15) is 5.11 Å². The van der Waals surface area contributed by atoms with Gasteiger partial charge in [-0.3, -0.25) is 0 Å². The molecule has 1 fully saturated rings. The topological polar surface area (TPSA) is 95.2 Å². The Balaban J connectivity index is 0.00000320. The molecular formula is C21H32IN5O3. The van der Waals surface area contributed by atoms with Crippen LogP contribution < -0.4 is 15.5 Å². The largest absolute Gasteiger partial charge is 0.466 e. The second-order valence-corrected chi connectivity index (χ2v) is 7.45. The van der Waals surface area contributed by atoms with E-state index in [4.69, 9.17) is 9.15 Å². The quantitative estimate of drug-likeness (QED) is 0.288. The van der Waals surface area contributed by atoms with Crippen LogP contribution in [0.15, 0.2) is 46.1 Å². The first-order valence-corrected chi connectivity index (χ1v) is 10.1. The zero-order valence-corrected chi connectivity index (χ0v) is 20.1. The molecule has 8 nitrogen and oxygen atoms in total. The van der Waals surface area contributed by atoms with Crippen molar-refractivity contribution in [1.29, 1.82) is 0 Å². The minimum Gasteiger partial charge on any atom is -0.466 e. The minimum absolute atomic E-state index is 0. The Hall–Kier alpha value is -1.85. The summed E-state index contributed by atoms with van der Waals surface area (Å²) in [5.41, 5.74) is -0.108. The lowest BCUT2D eigenvalue weighted by molar-refractivity contribution is 0.0386. The highest BCUT2D eigenvalue weighted by atomic mass is 127. The second-order valence-electron chi connectivity index (χ2n) is 7.45. The van der Waals surface area contributed by atoms with E-state index >= 15 is 0 Å². The summed E-state index contributed by atoms with van der Waals surface area (Å²) in [5, 5.41) is 17.0. The van der Waals surface area contributed by atoms with Gasteiger partial charge in [0.15, 0.2) is 5.96 Å². The minimum atomic E-state index is -1.13. The summed E-state index contributed by atoms with van der Waals surface area (Å²) in [6, 6.07) is 7.60. The van der Waals surface area contributed by atoms with Crippen LogP contribution in [0.1, 0.15) is 32.1 Å². The Kier molecular flexibility index (Phi) is 9.37. The first kappa shape index (κ1) is 24.4. The monoisotopic (exact) mass is 529 g/mol. The molecule has 0 radical (unpaired) electrons. The Morgan fingerprint density at radius 3 is 2.83 bits per heavy atom. The third kappa shape index (κ3) is 6.85. The van der Waals surface area contributed by atoms with Crippen molar-refractivity contribution >= 4 is 35.8 Å². The fourth-order valence-corrected chi connectivity index (χ4v) is 3.16. The van der Waals surface area contributed by atoms with Gasteiger partial charge in [0.1, 0.15) is 17.2 Å². The van der Waals surface area contributed by atoms with Gasteiger partial charge in [-0.1, -0.05) is 6.07 Å². The number of ether oxygens (including phenoxy) is 1. The van der Waals surface area contributed by atoms with Gasteiger partial charge in [-0.05, 0) is 44.5 Å². The molecule has 0 saturated carbocycles. The van der Waals surface area contributed by atoms with E-state index in [-0.39, 0.29) is 36.6 Å². The van der Waals surface area contributed by atoms with E-state index in [2.05, 4.69) is 38.5 Å². The number of aliphatic hydroxyl groups is 1. The van der Waals surface area contributed by atoms with Crippen LogP contribution in [0.3, 0.4) is 0 Å². The van der Waals surface area contributed by atoms with Crippen LogP contribution in [-0.2, 0) is 16.9 Å². The predicted molar refractivity (Wildman–Crippen MR) is 128 cm³/mol. The summed E-state index contributed by atoms with van der Waals surface area (Å²) >= 11 is 0. The average molecular weight is 529 g/mol. The molecule has 3 heterocycles. The Bertz CT molecular complexity index is 780. The highest BCUT2D eigenvalue weighted by molar-refractivity contribution is 14.0. The van der Waals surface area contributed by atoms with E-state index in [0.717, 1.165) is 37.6 Å².